The minimum atomic E-state index is -0.759. The zero-order chi connectivity index (χ0) is 24.9. The van der Waals surface area contributed by atoms with E-state index in [0.717, 1.165) is 16.7 Å². The third kappa shape index (κ3) is 5.72. The van der Waals surface area contributed by atoms with Crippen molar-refractivity contribution >= 4 is 11.7 Å². The number of benzene rings is 2. The Morgan fingerprint density at radius 1 is 1.23 bits per heavy atom. The maximum absolute atomic E-state index is 14.8. The van der Waals surface area contributed by atoms with E-state index in [4.69, 9.17) is 14.2 Å². The number of methoxy groups -OCH3 is 1. The van der Waals surface area contributed by atoms with Gasteiger partial charge in [0.05, 0.1) is 36.5 Å². The Morgan fingerprint density at radius 2 is 2.06 bits per heavy atom. The van der Waals surface area contributed by atoms with Gasteiger partial charge in [0.2, 0.25) is 0 Å². The smallest absolute Gasteiger partial charge is 0.255 e. The summed E-state index contributed by atoms with van der Waals surface area (Å²) in [4.78, 5) is 25.5. The van der Waals surface area contributed by atoms with Crippen LogP contribution in [-0.4, -0.2) is 62.5 Å². The first-order valence-electron chi connectivity index (χ1n) is 12.0. The second-order valence-corrected chi connectivity index (χ2v) is 9.14. The number of amides is 1. The lowest BCUT2D eigenvalue weighted by Gasteiger charge is -2.28. The summed E-state index contributed by atoms with van der Waals surface area (Å²) < 4.78 is 30.8. The van der Waals surface area contributed by atoms with Gasteiger partial charge in [-0.05, 0) is 61.1 Å². The van der Waals surface area contributed by atoms with Crippen LogP contribution >= 0.6 is 0 Å². The lowest BCUT2D eigenvalue weighted by Crippen LogP contribution is -2.48. The fourth-order valence-corrected chi connectivity index (χ4v) is 4.71. The van der Waals surface area contributed by atoms with Crippen molar-refractivity contribution in [2.45, 2.75) is 51.2 Å². The van der Waals surface area contributed by atoms with Crippen molar-refractivity contribution < 1.29 is 33.3 Å². The summed E-state index contributed by atoms with van der Waals surface area (Å²) >= 11 is 0. The van der Waals surface area contributed by atoms with E-state index >= 15 is 0 Å². The van der Waals surface area contributed by atoms with Crippen molar-refractivity contribution in [3.8, 4) is 5.75 Å². The first-order chi connectivity index (χ1) is 16.9. The number of fused-ring (bicyclic) bond motifs is 1. The van der Waals surface area contributed by atoms with Gasteiger partial charge in [0.25, 0.3) is 5.91 Å². The summed E-state index contributed by atoms with van der Waals surface area (Å²) in [5.41, 5.74) is 4.10. The fourth-order valence-electron chi connectivity index (χ4n) is 4.71. The van der Waals surface area contributed by atoms with Crippen LogP contribution in [0.25, 0.3) is 0 Å². The van der Waals surface area contributed by atoms with E-state index < -0.39 is 11.9 Å². The molecule has 1 fully saturated rings. The molecule has 0 aromatic heterocycles. The molecule has 4 rings (SSSR count). The molecular weight excluding hydrogens is 453 g/mol. The van der Waals surface area contributed by atoms with Gasteiger partial charge in [-0.3, -0.25) is 9.59 Å². The SMILES string of the molecule is COCCCC(=O)c1ccc(Cc2cc(C(=O)N[C@H]3CCOC[C@@H]3O)c3c(c2C)CCO3)cc1F. The maximum Gasteiger partial charge on any atom is 0.255 e. The van der Waals surface area contributed by atoms with E-state index in [1.54, 1.807) is 19.2 Å². The molecule has 1 amide bonds. The number of ether oxygens (including phenoxy) is 3. The molecule has 188 valence electrons. The number of aliphatic hydroxyl groups excluding tert-OH is 1. The monoisotopic (exact) mass is 485 g/mol. The Balaban J connectivity index is 1.56. The molecule has 0 radical (unpaired) electrons. The number of ketones is 1. The number of rotatable bonds is 9. The summed E-state index contributed by atoms with van der Waals surface area (Å²) in [5.74, 6) is -0.517. The van der Waals surface area contributed by atoms with E-state index in [1.165, 1.54) is 12.1 Å². The van der Waals surface area contributed by atoms with Crippen molar-refractivity contribution in [2.24, 2.45) is 0 Å². The lowest BCUT2D eigenvalue weighted by atomic mass is 9.91. The molecule has 0 spiro atoms. The average Bonchev–Trinajstić information content (AvgIpc) is 3.33. The number of hydrogen-bond acceptors (Lipinski definition) is 6. The van der Waals surface area contributed by atoms with E-state index in [2.05, 4.69) is 5.32 Å². The molecule has 0 aliphatic carbocycles. The molecule has 2 aromatic carbocycles. The highest BCUT2D eigenvalue weighted by Gasteiger charge is 2.29. The predicted molar refractivity (Wildman–Crippen MR) is 128 cm³/mol. The minimum Gasteiger partial charge on any atom is -0.492 e. The van der Waals surface area contributed by atoms with E-state index in [9.17, 15) is 19.1 Å². The van der Waals surface area contributed by atoms with Crippen LogP contribution in [0.3, 0.4) is 0 Å². The molecule has 1 saturated heterocycles. The number of carbonyl (C=O) groups excluding carboxylic acids is 2. The number of carbonyl (C=O) groups is 2. The predicted octanol–water partition coefficient (Wildman–Crippen LogP) is 3.15. The summed E-state index contributed by atoms with van der Waals surface area (Å²) in [5, 5.41) is 13.1. The van der Waals surface area contributed by atoms with Crippen LogP contribution in [-0.2, 0) is 22.3 Å². The van der Waals surface area contributed by atoms with Crippen LogP contribution in [0.5, 0.6) is 5.75 Å². The normalized spacial score (nSPS) is 19.2. The molecule has 7 nitrogen and oxygen atoms in total. The Kier molecular flexibility index (Phi) is 8.15. The second kappa shape index (κ2) is 11.3. The van der Waals surface area contributed by atoms with Gasteiger partial charge in [0, 0.05) is 38.7 Å². The van der Waals surface area contributed by atoms with Crippen molar-refractivity contribution in [1.29, 1.82) is 0 Å². The maximum atomic E-state index is 14.8. The molecule has 8 heteroatoms. The summed E-state index contributed by atoms with van der Waals surface area (Å²) in [7, 11) is 1.57. The van der Waals surface area contributed by atoms with Crippen molar-refractivity contribution in [2.75, 3.05) is 33.5 Å². The highest BCUT2D eigenvalue weighted by atomic mass is 19.1. The van der Waals surface area contributed by atoms with Crippen LogP contribution in [0.15, 0.2) is 24.3 Å². The fraction of sp³-hybridized carbons (Fsp3) is 0.481. The van der Waals surface area contributed by atoms with Gasteiger partial charge in [0.15, 0.2) is 5.78 Å². The number of halogens is 1. The number of nitrogens with one attached hydrogen (secondary N) is 1. The Hall–Kier alpha value is -2.81. The first-order valence-corrected chi connectivity index (χ1v) is 12.0. The third-order valence-electron chi connectivity index (χ3n) is 6.74. The van der Waals surface area contributed by atoms with Crippen LogP contribution in [0.2, 0.25) is 0 Å². The van der Waals surface area contributed by atoms with Gasteiger partial charge >= 0.3 is 0 Å². The third-order valence-corrected chi connectivity index (χ3v) is 6.74. The molecule has 0 unspecified atom stereocenters. The van der Waals surface area contributed by atoms with Gasteiger partial charge in [-0.2, -0.15) is 0 Å². The van der Waals surface area contributed by atoms with Crippen molar-refractivity contribution in [3.05, 3.63) is 63.5 Å². The van der Waals surface area contributed by atoms with E-state index in [-0.39, 0.29) is 36.3 Å². The molecule has 0 bridgehead atoms. The Labute approximate surface area is 204 Å². The second-order valence-electron chi connectivity index (χ2n) is 9.14. The molecule has 2 N–H and O–H groups in total. The molecule has 35 heavy (non-hydrogen) atoms. The van der Waals surface area contributed by atoms with Gasteiger partial charge in [-0.15, -0.1) is 0 Å². The highest BCUT2D eigenvalue weighted by Crippen LogP contribution is 2.35. The average molecular weight is 486 g/mol. The van der Waals surface area contributed by atoms with E-state index in [1.807, 2.05) is 6.92 Å². The lowest BCUT2D eigenvalue weighted by molar-refractivity contribution is -0.0261. The van der Waals surface area contributed by atoms with Crippen LogP contribution in [0.4, 0.5) is 4.39 Å². The Bertz CT molecular complexity index is 1100. The van der Waals surface area contributed by atoms with Crippen LogP contribution < -0.4 is 10.1 Å². The summed E-state index contributed by atoms with van der Waals surface area (Å²) in [6.07, 6.45) is 1.65. The zero-order valence-corrected chi connectivity index (χ0v) is 20.2. The van der Waals surface area contributed by atoms with Crippen molar-refractivity contribution in [1.82, 2.24) is 5.32 Å². The summed E-state index contributed by atoms with van der Waals surface area (Å²) in [6, 6.07) is 6.09. The molecule has 2 aromatic rings. The quantitative estimate of drug-likeness (QED) is 0.419. The number of hydrogen-bond donors (Lipinski definition) is 2. The van der Waals surface area contributed by atoms with Gasteiger partial charge in [0.1, 0.15) is 11.6 Å². The Morgan fingerprint density at radius 3 is 2.80 bits per heavy atom. The zero-order valence-electron chi connectivity index (χ0n) is 20.2. The number of Topliss-reactive ketones (excluding diaryl/α,β-unsaturated/α-hetero) is 1. The van der Waals surface area contributed by atoms with Gasteiger partial charge in [-0.25, -0.2) is 4.39 Å². The van der Waals surface area contributed by atoms with Crippen LogP contribution in [0.1, 0.15) is 62.2 Å². The number of aliphatic hydroxyl groups is 1. The molecule has 2 heterocycles. The highest BCUT2D eigenvalue weighted by molar-refractivity contribution is 5.98. The topological polar surface area (TPSA) is 94.1 Å². The van der Waals surface area contributed by atoms with E-state index in [0.29, 0.717) is 62.4 Å². The molecule has 2 atom stereocenters. The minimum absolute atomic E-state index is 0.0824. The molecular formula is C27H32FNO6. The van der Waals surface area contributed by atoms with Crippen molar-refractivity contribution in [3.63, 3.8) is 0 Å². The van der Waals surface area contributed by atoms with Crippen LogP contribution in [0, 0.1) is 12.7 Å². The first kappa shape index (κ1) is 25.3. The standard InChI is InChI=1S/C27H32FNO6/c1-16-18(12-17-5-6-20(22(28)13-17)24(30)4-3-9-33-2)14-21(26-19(16)7-11-35-26)27(32)29-23-8-10-34-15-25(23)31/h5-6,13-14,23,25,31H,3-4,7-12,15H2,1-2H3,(H,29,32)/t23-,25-/m0/s1. The molecule has 2 aliphatic rings. The van der Waals surface area contributed by atoms with Gasteiger partial charge < -0.3 is 24.6 Å². The largest absolute Gasteiger partial charge is 0.492 e. The molecule has 0 saturated carbocycles. The molecule has 2 aliphatic heterocycles. The van der Waals surface area contributed by atoms with Gasteiger partial charge in [-0.1, -0.05) is 6.07 Å². The summed E-state index contributed by atoms with van der Waals surface area (Å²) in [6.45, 7) is 3.60.